The lowest BCUT2D eigenvalue weighted by molar-refractivity contribution is -0.174. The van der Waals surface area contributed by atoms with E-state index in [2.05, 4.69) is 30.3 Å². The molecule has 2 aromatic rings. The Morgan fingerprint density at radius 2 is 1.94 bits per heavy atom. The van der Waals surface area contributed by atoms with E-state index in [1.165, 1.54) is 0 Å². The summed E-state index contributed by atoms with van der Waals surface area (Å²) in [4.78, 5) is 5.00. The van der Waals surface area contributed by atoms with Crippen molar-refractivity contribution in [2.45, 2.75) is 43.7 Å². The van der Waals surface area contributed by atoms with Crippen LogP contribution in [0.5, 0.6) is 11.5 Å². The Kier molecular flexibility index (Phi) is 4.06. The number of amidine groups is 1. The predicted octanol–water partition coefficient (Wildman–Crippen LogP) is 4.01. The highest BCUT2D eigenvalue weighted by Crippen LogP contribution is 2.67. The molecule has 1 aliphatic carbocycles. The number of fused-ring (bicyclic) bond motifs is 4. The monoisotopic (exact) mass is 420 g/mol. The van der Waals surface area contributed by atoms with Gasteiger partial charge in [0.15, 0.2) is 0 Å². The van der Waals surface area contributed by atoms with Crippen LogP contribution in [0.15, 0.2) is 47.5 Å². The van der Waals surface area contributed by atoms with E-state index in [1.54, 1.807) is 0 Å². The van der Waals surface area contributed by atoms with E-state index >= 15 is 0 Å². The summed E-state index contributed by atoms with van der Waals surface area (Å²) in [7, 11) is 0. The Labute approximate surface area is 182 Å². The average Bonchev–Trinajstić information content (AvgIpc) is 3.39. The fourth-order valence-electron chi connectivity index (χ4n) is 6.14. The largest absolute Gasteiger partial charge is 0.494 e. The summed E-state index contributed by atoms with van der Waals surface area (Å²) in [6.07, 6.45) is 4.10. The van der Waals surface area contributed by atoms with Gasteiger partial charge < -0.3 is 24.7 Å². The molecule has 3 aliphatic heterocycles. The number of benzene rings is 2. The van der Waals surface area contributed by atoms with Crippen LogP contribution in [0.2, 0.25) is 0 Å². The van der Waals surface area contributed by atoms with Gasteiger partial charge in [-0.15, -0.1) is 0 Å². The van der Waals surface area contributed by atoms with Gasteiger partial charge in [-0.3, -0.25) is 0 Å². The van der Waals surface area contributed by atoms with E-state index in [1.807, 2.05) is 19.1 Å². The summed E-state index contributed by atoms with van der Waals surface area (Å²) in [6.45, 7) is 4.40. The van der Waals surface area contributed by atoms with Crippen molar-refractivity contribution in [2.75, 3.05) is 26.4 Å². The third-order valence-electron chi connectivity index (χ3n) is 7.79. The summed E-state index contributed by atoms with van der Waals surface area (Å²) in [5.74, 6) is 1.76. The molecule has 0 aromatic heterocycles. The van der Waals surface area contributed by atoms with E-state index in [9.17, 15) is 0 Å². The van der Waals surface area contributed by atoms with Gasteiger partial charge in [0.1, 0.15) is 29.2 Å². The van der Waals surface area contributed by atoms with Crippen LogP contribution in [0.1, 0.15) is 38.2 Å². The van der Waals surface area contributed by atoms with Crippen molar-refractivity contribution in [3.05, 3.63) is 48.0 Å². The quantitative estimate of drug-likeness (QED) is 0.812. The highest BCUT2D eigenvalue weighted by Gasteiger charge is 2.73. The van der Waals surface area contributed by atoms with Crippen LogP contribution >= 0.6 is 0 Å². The zero-order valence-corrected chi connectivity index (χ0v) is 17.9. The molecule has 0 bridgehead atoms. The minimum absolute atomic E-state index is 0.260. The van der Waals surface area contributed by atoms with Gasteiger partial charge >= 0.3 is 0 Å². The van der Waals surface area contributed by atoms with Crippen molar-refractivity contribution in [3.8, 4) is 22.6 Å². The molecule has 3 heterocycles. The van der Waals surface area contributed by atoms with E-state index in [-0.39, 0.29) is 17.0 Å². The van der Waals surface area contributed by atoms with Crippen LogP contribution in [-0.4, -0.2) is 38.1 Å². The highest BCUT2D eigenvalue weighted by molar-refractivity contribution is 5.76. The topological polar surface area (TPSA) is 75.3 Å². The Balaban J connectivity index is 1.54. The molecule has 0 amide bonds. The molecule has 6 rings (SSSR count). The highest BCUT2D eigenvalue weighted by atomic mass is 16.5. The first-order valence-electron chi connectivity index (χ1n) is 11.2. The van der Waals surface area contributed by atoms with Gasteiger partial charge in [-0.05, 0) is 68.0 Å². The molecule has 4 aliphatic rings. The number of hydrogen-bond donors (Lipinski definition) is 1. The van der Waals surface area contributed by atoms with Gasteiger partial charge in [0.05, 0.1) is 18.6 Å². The molecule has 2 N–H and O–H groups in total. The Bertz CT molecular complexity index is 1060. The number of nitrogens with zero attached hydrogens (tertiary/aromatic N) is 1. The first kappa shape index (κ1) is 19.0. The van der Waals surface area contributed by atoms with Crippen LogP contribution < -0.4 is 15.2 Å². The Morgan fingerprint density at radius 3 is 2.61 bits per heavy atom. The molecular weight excluding hydrogens is 392 g/mol. The normalized spacial score (nSPS) is 29.9. The van der Waals surface area contributed by atoms with Crippen LogP contribution in [0.25, 0.3) is 11.1 Å². The molecule has 2 fully saturated rings. The van der Waals surface area contributed by atoms with E-state index in [4.69, 9.17) is 29.7 Å². The molecule has 1 saturated heterocycles. The zero-order valence-electron chi connectivity index (χ0n) is 17.9. The number of hydrogen-bond acceptors (Lipinski definition) is 6. The van der Waals surface area contributed by atoms with Crippen LogP contribution in [0.3, 0.4) is 0 Å². The lowest BCUT2D eigenvalue weighted by atomic mass is 9.50. The summed E-state index contributed by atoms with van der Waals surface area (Å²) in [5.41, 5.74) is 8.26. The third-order valence-corrected chi connectivity index (χ3v) is 7.79. The fourth-order valence-corrected chi connectivity index (χ4v) is 6.14. The number of nitrogens with two attached hydrogens (primary N) is 1. The summed E-state index contributed by atoms with van der Waals surface area (Å²) < 4.78 is 24.4. The molecule has 31 heavy (non-hydrogen) atoms. The van der Waals surface area contributed by atoms with E-state index in [0.717, 1.165) is 53.9 Å². The predicted molar refractivity (Wildman–Crippen MR) is 117 cm³/mol. The first-order valence-corrected chi connectivity index (χ1v) is 11.2. The van der Waals surface area contributed by atoms with Crippen molar-refractivity contribution in [1.82, 2.24) is 0 Å². The van der Waals surface area contributed by atoms with Crippen LogP contribution in [0.4, 0.5) is 0 Å². The second-order valence-electron chi connectivity index (χ2n) is 9.11. The summed E-state index contributed by atoms with van der Waals surface area (Å²) >= 11 is 0. The SMILES string of the molecule is CCOc1cccc(-c2ccc3c(c2)C2(COC(N)=N2)C2(CCOC2)C2(CCC2)O3)c1. The molecule has 2 unspecified atom stereocenters. The minimum Gasteiger partial charge on any atom is -0.494 e. The zero-order chi connectivity index (χ0) is 21.1. The Hall–Kier alpha value is -2.73. The van der Waals surface area contributed by atoms with Gasteiger partial charge in [-0.25, -0.2) is 4.99 Å². The molecule has 2 atom stereocenters. The lowest BCUT2D eigenvalue weighted by Crippen LogP contribution is -2.68. The Morgan fingerprint density at radius 1 is 1.06 bits per heavy atom. The van der Waals surface area contributed by atoms with Gasteiger partial charge in [0.2, 0.25) is 0 Å². The van der Waals surface area contributed by atoms with Crippen molar-refractivity contribution >= 4 is 6.02 Å². The second kappa shape index (κ2) is 6.63. The number of rotatable bonds is 3. The molecule has 3 spiro atoms. The summed E-state index contributed by atoms with van der Waals surface area (Å²) in [5, 5.41) is 0. The number of aliphatic imine (C=N–C) groups is 1. The first-order chi connectivity index (χ1) is 15.1. The molecule has 6 heteroatoms. The van der Waals surface area contributed by atoms with Crippen molar-refractivity contribution < 1.29 is 18.9 Å². The maximum absolute atomic E-state index is 6.80. The van der Waals surface area contributed by atoms with Crippen molar-refractivity contribution in [2.24, 2.45) is 16.1 Å². The number of ether oxygens (including phenoxy) is 4. The third kappa shape index (κ3) is 2.45. The van der Waals surface area contributed by atoms with E-state index < -0.39 is 5.54 Å². The van der Waals surface area contributed by atoms with Gasteiger partial charge in [-0.1, -0.05) is 18.2 Å². The standard InChI is InChI=1S/C25H28N2O4/c1-2-29-19-6-3-5-17(13-19)18-7-8-21-20(14-18)25(16-30-22(26)27-25)23(11-12-28-15-23)24(31-21)9-4-10-24/h3,5-8,13-14H,2,4,9-12,15-16H2,1H3,(H2,26,27). The van der Waals surface area contributed by atoms with E-state index in [0.29, 0.717) is 26.4 Å². The van der Waals surface area contributed by atoms with Gasteiger partial charge in [0.25, 0.3) is 6.02 Å². The molecule has 0 radical (unpaired) electrons. The smallest absolute Gasteiger partial charge is 0.283 e. The van der Waals surface area contributed by atoms with Gasteiger partial charge in [0, 0.05) is 12.2 Å². The molecule has 1 saturated carbocycles. The minimum atomic E-state index is -0.588. The second-order valence-corrected chi connectivity index (χ2v) is 9.11. The van der Waals surface area contributed by atoms with Crippen LogP contribution in [0, 0.1) is 5.41 Å². The maximum Gasteiger partial charge on any atom is 0.283 e. The maximum atomic E-state index is 6.80. The molecular formula is C25H28N2O4. The van der Waals surface area contributed by atoms with Crippen LogP contribution in [-0.2, 0) is 15.0 Å². The lowest BCUT2D eigenvalue weighted by Gasteiger charge is -2.61. The fraction of sp³-hybridized carbons (Fsp3) is 0.480. The average molecular weight is 421 g/mol. The molecule has 162 valence electrons. The molecule has 6 nitrogen and oxygen atoms in total. The summed E-state index contributed by atoms with van der Waals surface area (Å²) in [6, 6.07) is 14.9. The van der Waals surface area contributed by atoms with Crippen molar-refractivity contribution in [3.63, 3.8) is 0 Å². The van der Waals surface area contributed by atoms with Crippen molar-refractivity contribution in [1.29, 1.82) is 0 Å². The molecule has 2 aromatic carbocycles. The van der Waals surface area contributed by atoms with Gasteiger partial charge in [-0.2, -0.15) is 0 Å².